The molecule has 0 atom stereocenters. The van der Waals surface area contributed by atoms with Gasteiger partial charge in [0.15, 0.2) is 11.5 Å². The van der Waals surface area contributed by atoms with Crippen molar-refractivity contribution < 1.29 is 14.3 Å². The molecular weight excluding hydrogens is 462 g/mol. The van der Waals surface area contributed by atoms with Crippen molar-refractivity contribution in [2.75, 3.05) is 25.6 Å². The molecule has 0 radical (unpaired) electrons. The zero-order chi connectivity index (χ0) is 26.8. The maximum absolute atomic E-state index is 13.3. The van der Waals surface area contributed by atoms with Gasteiger partial charge in [0.2, 0.25) is 0 Å². The SMILES string of the molecule is COc1ccc(NC(=O)c2ccc(-c3ccccc3)cc2CCC#N)cc1OCCN(C(C)C)C(C)C. The van der Waals surface area contributed by atoms with Crippen LogP contribution in [-0.2, 0) is 6.42 Å². The summed E-state index contributed by atoms with van der Waals surface area (Å²) in [5.74, 6) is 0.965. The number of anilines is 1. The van der Waals surface area contributed by atoms with Gasteiger partial charge in [-0.05, 0) is 69.0 Å². The number of nitrogens with one attached hydrogen (secondary N) is 1. The van der Waals surface area contributed by atoms with Crippen molar-refractivity contribution in [1.82, 2.24) is 4.90 Å². The zero-order valence-corrected chi connectivity index (χ0v) is 22.5. The summed E-state index contributed by atoms with van der Waals surface area (Å²) in [6, 6.07) is 24.2. The van der Waals surface area contributed by atoms with Crippen LogP contribution in [0.25, 0.3) is 11.1 Å². The number of amides is 1. The van der Waals surface area contributed by atoms with Crippen molar-refractivity contribution in [2.45, 2.75) is 52.6 Å². The van der Waals surface area contributed by atoms with Crippen LogP contribution >= 0.6 is 0 Å². The number of carbonyl (C=O) groups excluding carboxylic acids is 1. The largest absolute Gasteiger partial charge is 0.493 e. The minimum atomic E-state index is -0.227. The average molecular weight is 500 g/mol. The molecule has 0 saturated heterocycles. The van der Waals surface area contributed by atoms with E-state index in [0.29, 0.717) is 54.3 Å². The fraction of sp³-hybridized carbons (Fsp3) is 0.355. The molecule has 0 bridgehead atoms. The fourth-order valence-electron chi connectivity index (χ4n) is 4.46. The van der Waals surface area contributed by atoms with Gasteiger partial charge >= 0.3 is 0 Å². The predicted molar refractivity (Wildman–Crippen MR) is 149 cm³/mol. The van der Waals surface area contributed by atoms with E-state index in [2.05, 4.69) is 44.0 Å². The standard InChI is InChI=1S/C31H37N3O3/c1-22(2)34(23(3)4)18-19-37-30-21-27(14-16-29(30)36-5)33-31(35)28-15-13-25(20-26(28)12-9-17-32)24-10-7-6-8-11-24/h6-8,10-11,13-16,20-23H,9,12,18-19H2,1-5H3,(H,33,35). The molecule has 194 valence electrons. The van der Waals surface area contributed by atoms with Gasteiger partial charge in [-0.1, -0.05) is 42.5 Å². The molecule has 3 aromatic rings. The van der Waals surface area contributed by atoms with E-state index >= 15 is 0 Å². The third-order valence-electron chi connectivity index (χ3n) is 6.32. The highest BCUT2D eigenvalue weighted by Crippen LogP contribution is 2.31. The second kappa shape index (κ2) is 13.5. The lowest BCUT2D eigenvalue weighted by Gasteiger charge is -2.30. The van der Waals surface area contributed by atoms with Crippen LogP contribution in [0.1, 0.15) is 50.0 Å². The molecular formula is C31H37N3O3. The lowest BCUT2D eigenvalue weighted by molar-refractivity contribution is 0.102. The summed E-state index contributed by atoms with van der Waals surface area (Å²) in [6.45, 7) is 9.98. The molecule has 0 aliphatic heterocycles. The van der Waals surface area contributed by atoms with Crippen molar-refractivity contribution >= 4 is 11.6 Å². The minimum absolute atomic E-state index is 0.227. The molecule has 0 aliphatic carbocycles. The summed E-state index contributed by atoms with van der Waals surface area (Å²) in [4.78, 5) is 15.7. The van der Waals surface area contributed by atoms with Crippen LogP contribution in [0.5, 0.6) is 11.5 Å². The first-order valence-electron chi connectivity index (χ1n) is 12.8. The highest BCUT2D eigenvalue weighted by Gasteiger charge is 2.16. The summed E-state index contributed by atoms with van der Waals surface area (Å²) in [5.41, 5.74) is 4.09. The molecule has 0 spiro atoms. The molecule has 6 nitrogen and oxygen atoms in total. The van der Waals surface area contributed by atoms with Gasteiger partial charge in [0.25, 0.3) is 5.91 Å². The summed E-state index contributed by atoms with van der Waals surface area (Å²) in [6.07, 6.45) is 0.835. The van der Waals surface area contributed by atoms with Gasteiger partial charge in [-0.3, -0.25) is 9.69 Å². The Labute approximate surface area is 220 Å². The maximum atomic E-state index is 13.3. The number of methoxy groups -OCH3 is 1. The number of aryl methyl sites for hydroxylation is 1. The Bertz CT molecular complexity index is 1210. The van der Waals surface area contributed by atoms with Crippen LogP contribution in [0, 0.1) is 11.3 Å². The van der Waals surface area contributed by atoms with Gasteiger partial charge in [-0.25, -0.2) is 0 Å². The number of carbonyl (C=O) groups is 1. The van der Waals surface area contributed by atoms with Gasteiger partial charge in [0, 0.05) is 42.4 Å². The molecule has 0 fully saturated rings. The summed E-state index contributed by atoms with van der Waals surface area (Å²) in [5, 5.41) is 12.1. The van der Waals surface area contributed by atoms with Crippen LogP contribution < -0.4 is 14.8 Å². The van der Waals surface area contributed by atoms with Crippen LogP contribution in [-0.4, -0.2) is 43.2 Å². The number of hydrogen-bond acceptors (Lipinski definition) is 5. The second-order valence-electron chi connectivity index (χ2n) is 9.49. The lowest BCUT2D eigenvalue weighted by Crippen LogP contribution is -2.39. The molecule has 3 rings (SSSR count). The zero-order valence-electron chi connectivity index (χ0n) is 22.5. The van der Waals surface area contributed by atoms with Crippen molar-refractivity contribution in [3.63, 3.8) is 0 Å². The normalized spacial score (nSPS) is 11.0. The summed E-state index contributed by atoms with van der Waals surface area (Å²) in [7, 11) is 1.60. The van der Waals surface area contributed by atoms with E-state index in [0.717, 1.165) is 23.2 Å². The first-order valence-corrected chi connectivity index (χ1v) is 12.8. The second-order valence-corrected chi connectivity index (χ2v) is 9.49. The number of nitrogens with zero attached hydrogens (tertiary/aromatic N) is 2. The molecule has 3 aromatic carbocycles. The van der Waals surface area contributed by atoms with Gasteiger partial charge in [0.05, 0.1) is 13.2 Å². The Morgan fingerprint density at radius 2 is 1.68 bits per heavy atom. The number of hydrogen-bond donors (Lipinski definition) is 1. The molecule has 37 heavy (non-hydrogen) atoms. The van der Waals surface area contributed by atoms with Crippen LogP contribution in [0.15, 0.2) is 66.7 Å². The van der Waals surface area contributed by atoms with E-state index in [-0.39, 0.29) is 5.91 Å². The Balaban J connectivity index is 1.79. The molecule has 0 saturated carbocycles. The van der Waals surface area contributed by atoms with Gasteiger partial charge in [-0.15, -0.1) is 0 Å². The first-order chi connectivity index (χ1) is 17.8. The van der Waals surface area contributed by atoms with E-state index in [4.69, 9.17) is 14.7 Å². The van der Waals surface area contributed by atoms with E-state index in [1.54, 1.807) is 25.3 Å². The number of ether oxygens (including phenoxy) is 2. The topological polar surface area (TPSA) is 74.6 Å². The van der Waals surface area contributed by atoms with Crippen molar-refractivity contribution in [3.8, 4) is 28.7 Å². The Kier molecular flexibility index (Phi) is 10.1. The van der Waals surface area contributed by atoms with Crippen molar-refractivity contribution in [1.29, 1.82) is 5.26 Å². The Morgan fingerprint density at radius 1 is 0.946 bits per heavy atom. The Morgan fingerprint density at radius 3 is 2.32 bits per heavy atom. The number of benzene rings is 3. The smallest absolute Gasteiger partial charge is 0.255 e. The first kappa shape index (κ1) is 27.8. The molecule has 6 heteroatoms. The third-order valence-corrected chi connectivity index (χ3v) is 6.32. The molecule has 0 aromatic heterocycles. The summed E-state index contributed by atoms with van der Waals surface area (Å²) >= 11 is 0. The van der Waals surface area contributed by atoms with E-state index in [1.165, 1.54) is 0 Å². The van der Waals surface area contributed by atoms with Crippen molar-refractivity contribution in [3.05, 3.63) is 77.9 Å². The van der Waals surface area contributed by atoms with E-state index in [9.17, 15) is 4.79 Å². The van der Waals surface area contributed by atoms with E-state index < -0.39 is 0 Å². The molecule has 1 amide bonds. The number of rotatable bonds is 12. The minimum Gasteiger partial charge on any atom is -0.493 e. The van der Waals surface area contributed by atoms with Gasteiger partial charge in [0.1, 0.15) is 6.61 Å². The average Bonchev–Trinajstić information content (AvgIpc) is 2.89. The van der Waals surface area contributed by atoms with Crippen LogP contribution in [0.3, 0.4) is 0 Å². The Hall–Kier alpha value is -3.82. The molecule has 0 unspecified atom stereocenters. The fourth-order valence-corrected chi connectivity index (χ4v) is 4.46. The summed E-state index contributed by atoms with van der Waals surface area (Å²) < 4.78 is 11.6. The molecule has 1 N–H and O–H groups in total. The highest BCUT2D eigenvalue weighted by molar-refractivity contribution is 6.05. The van der Waals surface area contributed by atoms with Crippen LogP contribution in [0.2, 0.25) is 0 Å². The molecule has 0 aliphatic rings. The predicted octanol–water partition coefficient (Wildman–Crippen LogP) is 6.57. The molecule has 0 heterocycles. The maximum Gasteiger partial charge on any atom is 0.255 e. The van der Waals surface area contributed by atoms with E-state index in [1.807, 2.05) is 48.5 Å². The number of nitriles is 1. The quantitative estimate of drug-likeness (QED) is 0.305. The van der Waals surface area contributed by atoms with Gasteiger partial charge < -0.3 is 14.8 Å². The van der Waals surface area contributed by atoms with Crippen molar-refractivity contribution in [2.24, 2.45) is 0 Å². The van der Waals surface area contributed by atoms with Gasteiger partial charge in [-0.2, -0.15) is 5.26 Å². The monoisotopic (exact) mass is 499 g/mol. The lowest BCUT2D eigenvalue weighted by atomic mass is 9.96. The third kappa shape index (κ3) is 7.58. The highest BCUT2D eigenvalue weighted by atomic mass is 16.5. The van der Waals surface area contributed by atoms with Crippen LogP contribution in [0.4, 0.5) is 5.69 Å².